The number of sulfonamides is 1. The zero-order valence-corrected chi connectivity index (χ0v) is 13.5. The molecule has 118 valence electrons. The number of imidazole rings is 1. The lowest BCUT2D eigenvalue weighted by Crippen LogP contribution is -2.38. The summed E-state index contributed by atoms with van der Waals surface area (Å²) in [5.74, 6) is 1.27. The van der Waals surface area contributed by atoms with E-state index in [0.29, 0.717) is 23.9 Å². The van der Waals surface area contributed by atoms with E-state index < -0.39 is 10.0 Å². The Labute approximate surface area is 129 Å². The van der Waals surface area contributed by atoms with Crippen LogP contribution in [0.15, 0.2) is 18.5 Å². The Morgan fingerprint density at radius 3 is 2.82 bits per heavy atom. The van der Waals surface area contributed by atoms with Crippen LogP contribution in [-0.4, -0.2) is 45.5 Å². The van der Waals surface area contributed by atoms with Gasteiger partial charge < -0.3 is 4.98 Å². The van der Waals surface area contributed by atoms with E-state index in [-0.39, 0.29) is 6.04 Å². The van der Waals surface area contributed by atoms with Crippen molar-refractivity contribution in [3.05, 3.63) is 30.0 Å². The summed E-state index contributed by atoms with van der Waals surface area (Å²) in [6.45, 7) is 2.35. The number of aromatic nitrogens is 4. The fourth-order valence-electron chi connectivity index (χ4n) is 2.89. The Hall–Kier alpha value is -1.80. The molecule has 3 heterocycles. The van der Waals surface area contributed by atoms with Crippen LogP contribution in [0.5, 0.6) is 0 Å². The standard InChI is InChI=1S/C14H19N5O2S/c1-10-17-11(9-12(18-10)14-15-6-7-16-14)13-5-3-4-8-19(13)22(2,20)21/h6-7,9,13H,3-5,8H2,1-2H3,(H,15,16). The molecule has 1 N–H and O–H groups in total. The molecule has 1 aliphatic heterocycles. The van der Waals surface area contributed by atoms with Crippen LogP contribution in [0.3, 0.4) is 0 Å². The fourth-order valence-corrected chi connectivity index (χ4v) is 4.02. The van der Waals surface area contributed by atoms with Crippen LogP contribution < -0.4 is 0 Å². The molecule has 0 aromatic carbocycles. The summed E-state index contributed by atoms with van der Waals surface area (Å²) in [6.07, 6.45) is 7.31. The smallest absolute Gasteiger partial charge is 0.211 e. The van der Waals surface area contributed by atoms with Crippen LogP contribution in [0.25, 0.3) is 11.5 Å². The van der Waals surface area contributed by atoms with Gasteiger partial charge in [0.15, 0.2) is 5.82 Å². The van der Waals surface area contributed by atoms with Crippen molar-refractivity contribution in [2.24, 2.45) is 0 Å². The second-order valence-corrected chi connectivity index (χ2v) is 7.48. The van der Waals surface area contributed by atoms with Crippen molar-refractivity contribution in [1.29, 1.82) is 0 Å². The van der Waals surface area contributed by atoms with Crippen molar-refractivity contribution >= 4 is 10.0 Å². The number of hydrogen-bond donors (Lipinski definition) is 1. The molecule has 2 aromatic rings. The predicted molar refractivity (Wildman–Crippen MR) is 82.5 cm³/mol. The van der Waals surface area contributed by atoms with E-state index in [1.165, 1.54) is 6.26 Å². The van der Waals surface area contributed by atoms with Gasteiger partial charge in [0.05, 0.1) is 18.0 Å². The van der Waals surface area contributed by atoms with Crippen LogP contribution in [-0.2, 0) is 10.0 Å². The Kier molecular flexibility index (Phi) is 3.96. The number of aryl methyl sites for hydroxylation is 1. The number of nitrogens with one attached hydrogen (secondary N) is 1. The van der Waals surface area contributed by atoms with Gasteiger partial charge in [-0.2, -0.15) is 4.31 Å². The number of H-pyrrole nitrogens is 1. The van der Waals surface area contributed by atoms with Crippen molar-refractivity contribution in [2.45, 2.75) is 32.2 Å². The van der Waals surface area contributed by atoms with E-state index in [9.17, 15) is 8.42 Å². The molecule has 3 rings (SSSR count). The minimum absolute atomic E-state index is 0.223. The summed E-state index contributed by atoms with van der Waals surface area (Å²) in [5, 5.41) is 0. The molecule has 2 aromatic heterocycles. The summed E-state index contributed by atoms with van der Waals surface area (Å²) in [5.41, 5.74) is 1.43. The maximum atomic E-state index is 12.0. The lowest BCUT2D eigenvalue weighted by Gasteiger charge is -2.33. The Morgan fingerprint density at radius 2 is 2.14 bits per heavy atom. The molecule has 0 saturated carbocycles. The van der Waals surface area contributed by atoms with E-state index in [2.05, 4.69) is 19.9 Å². The summed E-state index contributed by atoms with van der Waals surface area (Å²) in [6, 6.07) is 1.61. The SMILES string of the molecule is Cc1nc(-c2ncc[nH]2)cc(C2CCCCN2S(C)(=O)=O)n1. The Balaban J connectivity index is 2.03. The first-order valence-corrected chi connectivity index (χ1v) is 9.12. The maximum absolute atomic E-state index is 12.0. The lowest BCUT2D eigenvalue weighted by molar-refractivity contribution is 0.252. The van der Waals surface area contributed by atoms with Crippen LogP contribution in [0.1, 0.15) is 36.8 Å². The van der Waals surface area contributed by atoms with Crippen LogP contribution >= 0.6 is 0 Å². The van der Waals surface area contributed by atoms with Gasteiger partial charge in [0, 0.05) is 18.9 Å². The normalized spacial score (nSPS) is 20.2. The van der Waals surface area contributed by atoms with Gasteiger partial charge in [0.2, 0.25) is 10.0 Å². The van der Waals surface area contributed by atoms with Crippen molar-refractivity contribution in [2.75, 3.05) is 12.8 Å². The quantitative estimate of drug-likeness (QED) is 0.928. The van der Waals surface area contributed by atoms with Crippen molar-refractivity contribution in [3.63, 3.8) is 0 Å². The van der Waals surface area contributed by atoms with E-state index in [1.54, 1.807) is 16.7 Å². The molecule has 8 heteroatoms. The molecule has 0 radical (unpaired) electrons. The highest BCUT2D eigenvalue weighted by Gasteiger charge is 2.32. The molecule has 1 unspecified atom stereocenters. The van der Waals surface area contributed by atoms with Crippen LogP contribution in [0.4, 0.5) is 0 Å². The molecule has 1 saturated heterocycles. The number of hydrogen-bond acceptors (Lipinski definition) is 5. The zero-order chi connectivity index (χ0) is 15.7. The molecule has 7 nitrogen and oxygen atoms in total. The molecule has 1 aliphatic rings. The largest absolute Gasteiger partial charge is 0.343 e. The fraction of sp³-hybridized carbons (Fsp3) is 0.500. The van der Waals surface area contributed by atoms with E-state index in [4.69, 9.17) is 0 Å². The monoisotopic (exact) mass is 321 g/mol. The van der Waals surface area contributed by atoms with E-state index in [0.717, 1.165) is 25.0 Å². The van der Waals surface area contributed by atoms with Gasteiger partial charge in [-0.05, 0) is 25.8 Å². The molecule has 1 fully saturated rings. The van der Waals surface area contributed by atoms with Gasteiger partial charge in [-0.1, -0.05) is 6.42 Å². The number of nitrogens with zero attached hydrogens (tertiary/aromatic N) is 4. The summed E-state index contributed by atoms with van der Waals surface area (Å²) in [4.78, 5) is 16.1. The molecular formula is C14H19N5O2S. The Morgan fingerprint density at radius 1 is 1.32 bits per heavy atom. The van der Waals surface area contributed by atoms with Gasteiger partial charge in [0.25, 0.3) is 0 Å². The summed E-state index contributed by atoms with van der Waals surface area (Å²) in [7, 11) is -3.25. The average molecular weight is 321 g/mol. The summed E-state index contributed by atoms with van der Waals surface area (Å²) >= 11 is 0. The Bertz CT molecular complexity index is 758. The highest BCUT2D eigenvalue weighted by atomic mass is 32.2. The highest BCUT2D eigenvalue weighted by Crippen LogP contribution is 2.32. The maximum Gasteiger partial charge on any atom is 0.211 e. The van der Waals surface area contributed by atoms with Gasteiger partial charge in [-0.15, -0.1) is 0 Å². The van der Waals surface area contributed by atoms with Crippen LogP contribution in [0.2, 0.25) is 0 Å². The van der Waals surface area contributed by atoms with E-state index in [1.807, 2.05) is 13.0 Å². The highest BCUT2D eigenvalue weighted by molar-refractivity contribution is 7.88. The minimum atomic E-state index is -3.25. The number of aromatic amines is 1. The molecule has 0 amide bonds. The van der Waals surface area contributed by atoms with Gasteiger partial charge in [0.1, 0.15) is 11.5 Å². The molecule has 22 heavy (non-hydrogen) atoms. The summed E-state index contributed by atoms with van der Waals surface area (Å²) < 4.78 is 25.6. The van der Waals surface area contributed by atoms with E-state index >= 15 is 0 Å². The molecular weight excluding hydrogens is 302 g/mol. The molecule has 0 aliphatic carbocycles. The number of rotatable bonds is 3. The predicted octanol–water partition coefficient (Wildman–Crippen LogP) is 1.66. The van der Waals surface area contributed by atoms with Crippen molar-refractivity contribution in [3.8, 4) is 11.5 Å². The van der Waals surface area contributed by atoms with Gasteiger partial charge >= 0.3 is 0 Å². The molecule has 0 bridgehead atoms. The molecule has 1 atom stereocenters. The second kappa shape index (κ2) is 5.77. The average Bonchev–Trinajstić information content (AvgIpc) is 3.00. The first-order chi connectivity index (χ1) is 10.4. The van der Waals surface area contributed by atoms with Crippen molar-refractivity contribution < 1.29 is 8.42 Å². The lowest BCUT2D eigenvalue weighted by atomic mass is 10.0. The van der Waals surface area contributed by atoms with Crippen LogP contribution in [0, 0.1) is 6.92 Å². The topological polar surface area (TPSA) is 91.8 Å². The third-order valence-corrected chi connectivity index (χ3v) is 5.11. The first-order valence-electron chi connectivity index (χ1n) is 7.27. The van der Waals surface area contributed by atoms with Crippen molar-refractivity contribution in [1.82, 2.24) is 24.2 Å². The second-order valence-electron chi connectivity index (χ2n) is 5.55. The first kappa shape index (κ1) is 15.1. The van der Waals surface area contributed by atoms with Gasteiger partial charge in [-0.25, -0.2) is 23.4 Å². The number of piperidine rings is 1. The molecule has 0 spiro atoms. The third kappa shape index (κ3) is 3.02. The minimum Gasteiger partial charge on any atom is -0.343 e. The third-order valence-electron chi connectivity index (χ3n) is 3.82. The zero-order valence-electron chi connectivity index (χ0n) is 12.7. The van der Waals surface area contributed by atoms with Gasteiger partial charge in [-0.3, -0.25) is 0 Å².